The number of amides is 2. The zero-order valence-electron chi connectivity index (χ0n) is 17.6. The van der Waals surface area contributed by atoms with Crippen molar-refractivity contribution in [2.24, 2.45) is 5.10 Å². The first-order chi connectivity index (χ1) is 16.0. The van der Waals surface area contributed by atoms with Crippen LogP contribution in [0.1, 0.15) is 15.9 Å². The molecule has 0 aliphatic heterocycles. The number of nitro benzene ring substituents is 1. The molecule has 0 heterocycles. The molecule has 3 rings (SSSR count). The summed E-state index contributed by atoms with van der Waals surface area (Å²) in [6.07, 6.45) is 1.37. The van der Waals surface area contributed by atoms with Crippen molar-refractivity contribution in [1.29, 1.82) is 0 Å². The lowest BCUT2D eigenvalue weighted by molar-refractivity contribution is -0.384. The first kappa shape index (κ1) is 22.9. The fraction of sp³-hybridized carbons (Fsp3) is 0.0870. The van der Waals surface area contributed by atoms with Gasteiger partial charge in [-0.25, -0.2) is 5.43 Å². The van der Waals surface area contributed by atoms with E-state index < -0.39 is 10.8 Å². The Morgan fingerprint density at radius 3 is 2.36 bits per heavy atom. The zero-order chi connectivity index (χ0) is 23.6. The maximum Gasteiger partial charge on any atom is 0.271 e. The van der Waals surface area contributed by atoms with Gasteiger partial charge in [-0.15, -0.1) is 0 Å². The molecule has 0 saturated carbocycles. The molecular weight excluding hydrogens is 428 g/mol. The van der Waals surface area contributed by atoms with Gasteiger partial charge in [0.2, 0.25) is 0 Å². The van der Waals surface area contributed by atoms with Gasteiger partial charge in [-0.1, -0.05) is 24.3 Å². The lowest BCUT2D eigenvalue weighted by Gasteiger charge is -2.11. The lowest BCUT2D eigenvalue weighted by Crippen LogP contribution is -2.21. The maximum absolute atomic E-state index is 12.3. The first-order valence-electron chi connectivity index (χ1n) is 9.70. The number of nitrogens with one attached hydrogen (secondary N) is 2. The molecular formula is C23H20N4O6. The number of benzene rings is 3. The Labute approximate surface area is 189 Å². The molecule has 10 nitrogen and oxygen atoms in total. The van der Waals surface area contributed by atoms with Crippen LogP contribution in [-0.4, -0.2) is 36.7 Å². The van der Waals surface area contributed by atoms with Crippen LogP contribution in [0.15, 0.2) is 77.9 Å². The molecule has 0 fully saturated rings. The second-order valence-corrected chi connectivity index (χ2v) is 6.58. The summed E-state index contributed by atoms with van der Waals surface area (Å²) in [5.41, 5.74) is 3.51. The third-order valence-electron chi connectivity index (χ3n) is 4.37. The number of nitrogens with zero attached hydrogens (tertiary/aromatic N) is 2. The standard InChI is InChI=1S/C23H20N4O6/c1-32-21-9-5-3-7-19(21)25-22(28)15-33-20-8-4-2-6-17(20)14-24-26-23(29)16-10-12-18(13-11-16)27(30)31/h2-14H,15H2,1H3,(H,25,28)(H,26,29)/b24-14+. The molecule has 2 amide bonds. The van der Waals surface area contributed by atoms with Crippen molar-refractivity contribution in [3.8, 4) is 11.5 Å². The molecule has 0 saturated heterocycles. The number of hydrogen-bond donors (Lipinski definition) is 2. The molecule has 0 aliphatic rings. The van der Waals surface area contributed by atoms with Gasteiger partial charge in [0.05, 0.1) is 23.9 Å². The fourth-order valence-electron chi connectivity index (χ4n) is 2.76. The number of rotatable bonds is 9. The van der Waals surface area contributed by atoms with E-state index in [1.54, 1.807) is 48.5 Å². The van der Waals surface area contributed by atoms with Crippen molar-refractivity contribution in [2.75, 3.05) is 19.0 Å². The van der Waals surface area contributed by atoms with E-state index in [0.29, 0.717) is 22.7 Å². The minimum absolute atomic E-state index is 0.115. The molecule has 0 aliphatic carbocycles. The summed E-state index contributed by atoms with van der Waals surface area (Å²) >= 11 is 0. The van der Waals surface area contributed by atoms with Crippen LogP contribution < -0.4 is 20.2 Å². The van der Waals surface area contributed by atoms with Crippen LogP contribution in [-0.2, 0) is 4.79 Å². The highest BCUT2D eigenvalue weighted by molar-refractivity contribution is 5.95. The summed E-state index contributed by atoms with van der Waals surface area (Å²) in [6.45, 7) is -0.252. The Kier molecular flexibility index (Phi) is 7.68. The van der Waals surface area contributed by atoms with E-state index in [0.717, 1.165) is 0 Å². The highest BCUT2D eigenvalue weighted by atomic mass is 16.6. The zero-order valence-corrected chi connectivity index (χ0v) is 17.6. The van der Waals surface area contributed by atoms with E-state index in [1.165, 1.54) is 37.6 Å². The Balaban J connectivity index is 1.58. The van der Waals surface area contributed by atoms with Crippen LogP contribution in [0.3, 0.4) is 0 Å². The van der Waals surface area contributed by atoms with Crippen molar-refractivity contribution >= 4 is 29.4 Å². The minimum atomic E-state index is -0.548. The van der Waals surface area contributed by atoms with Crippen LogP contribution in [0.5, 0.6) is 11.5 Å². The molecule has 33 heavy (non-hydrogen) atoms. The molecule has 0 bridgehead atoms. The van der Waals surface area contributed by atoms with Gasteiger partial charge in [-0.05, 0) is 36.4 Å². The van der Waals surface area contributed by atoms with Crippen LogP contribution in [0.4, 0.5) is 11.4 Å². The minimum Gasteiger partial charge on any atom is -0.495 e. The molecule has 0 radical (unpaired) electrons. The largest absolute Gasteiger partial charge is 0.495 e. The Morgan fingerprint density at radius 1 is 1.00 bits per heavy atom. The lowest BCUT2D eigenvalue weighted by atomic mass is 10.2. The van der Waals surface area contributed by atoms with Gasteiger partial charge in [0, 0.05) is 23.3 Å². The van der Waals surface area contributed by atoms with Crippen molar-refractivity contribution in [2.45, 2.75) is 0 Å². The summed E-state index contributed by atoms with van der Waals surface area (Å²) < 4.78 is 10.8. The summed E-state index contributed by atoms with van der Waals surface area (Å²) in [6, 6.07) is 19.0. The average Bonchev–Trinajstić information content (AvgIpc) is 2.83. The molecule has 2 N–H and O–H groups in total. The van der Waals surface area contributed by atoms with Crippen LogP contribution >= 0.6 is 0 Å². The van der Waals surface area contributed by atoms with Crippen LogP contribution in [0.25, 0.3) is 0 Å². The number of hydrogen-bond acceptors (Lipinski definition) is 7. The highest BCUT2D eigenvalue weighted by Crippen LogP contribution is 2.23. The first-order valence-corrected chi connectivity index (χ1v) is 9.70. The van der Waals surface area contributed by atoms with Gasteiger partial charge >= 0.3 is 0 Å². The van der Waals surface area contributed by atoms with Gasteiger partial charge in [0.15, 0.2) is 6.61 Å². The van der Waals surface area contributed by atoms with E-state index in [2.05, 4.69) is 15.8 Å². The van der Waals surface area contributed by atoms with Crippen molar-refractivity contribution in [1.82, 2.24) is 5.43 Å². The van der Waals surface area contributed by atoms with Gasteiger partial charge in [-0.3, -0.25) is 19.7 Å². The summed E-state index contributed by atoms with van der Waals surface area (Å²) in [7, 11) is 1.51. The smallest absolute Gasteiger partial charge is 0.271 e. The summed E-state index contributed by atoms with van der Waals surface area (Å²) in [5.74, 6) is 0.0107. The SMILES string of the molecule is COc1ccccc1NC(=O)COc1ccccc1/C=N/NC(=O)c1ccc([N+](=O)[O-])cc1. The fourth-order valence-corrected chi connectivity index (χ4v) is 2.76. The van der Waals surface area contributed by atoms with Gasteiger partial charge < -0.3 is 14.8 Å². The molecule has 3 aromatic carbocycles. The van der Waals surface area contributed by atoms with Crippen molar-refractivity contribution in [3.05, 3.63) is 94.0 Å². The second-order valence-electron chi connectivity index (χ2n) is 6.58. The van der Waals surface area contributed by atoms with Crippen LogP contribution in [0, 0.1) is 10.1 Å². The van der Waals surface area contributed by atoms with Gasteiger partial charge in [0.1, 0.15) is 11.5 Å². The van der Waals surface area contributed by atoms with E-state index >= 15 is 0 Å². The summed E-state index contributed by atoms with van der Waals surface area (Å²) in [4.78, 5) is 34.6. The number of anilines is 1. The average molecular weight is 448 g/mol. The third kappa shape index (κ3) is 6.37. The van der Waals surface area contributed by atoms with Crippen molar-refractivity contribution in [3.63, 3.8) is 0 Å². The molecule has 168 valence electrons. The predicted octanol–water partition coefficient (Wildman–Crippen LogP) is 3.38. The number of carbonyl (C=O) groups is 2. The molecule has 0 unspecified atom stereocenters. The topological polar surface area (TPSA) is 132 Å². The van der Waals surface area contributed by atoms with E-state index in [-0.39, 0.29) is 23.8 Å². The predicted molar refractivity (Wildman–Crippen MR) is 122 cm³/mol. The Bertz CT molecular complexity index is 1180. The number of non-ortho nitro benzene ring substituents is 1. The van der Waals surface area contributed by atoms with Crippen molar-refractivity contribution < 1.29 is 24.0 Å². The highest BCUT2D eigenvalue weighted by Gasteiger charge is 2.10. The quantitative estimate of drug-likeness (QED) is 0.293. The molecule has 10 heteroatoms. The van der Waals surface area contributed by atoms with E-state index in [9.17, 15) is 19.7 Å². The molecule has 0 aromatic heterocycles. The van der Waals surface area contributed by atoms with Gasteiger partial charge in [-0.2, -0.15) is 5.10 Å². The molecule has 3 aromatic rings. The van der Waals surface area contributed by atoms with Crippen LogP contribution in [0.2, 0.25) is 0 Å². The monoisotopic (exact) mass is 448 g/mol. The van der Waals surface area contributed by atoms with E-state index in [4.69, 9.17) is 9.47 Å². The Morgan fingerprint density at radius 2 is 1.67 bits per heavy atom. The number of ether oxygens (including phenoxy) is 2. The number of hydrazone groups is 1. The second kappa shape index (κ2) is 11.0. The number of carbonyl (C=O) groups excluding carboxylic acids is 2. The number of methoxy groups -OCH3 is 1. The summed E-state index contributed by atoms with van der Waals surface area (Å²) in [5, 5.41) is 17.3. The number of para-hydroxylation sites is 3. The third-order valence-corrected chi connectivity index (χ3v) is 4.37. The molecule has 0 spiro atoms. The molecule has 0 atom stereocenters. The van der Waals surface area contributed by atoms with Gasteiger partial charge in [0.25, 0.3) is 17.5 Å². The maximum atomic E-state index is 12.3. The normalized spacial score (nSPS) is 10.5. The Hall–Kier alpha value is -4.73. The number of nitro groups is 1. The van der Waals surface area contributed by atoms with E-state index in [1.807, 2.05) is 0 Å².